The molecule has 0 saturated heterocycles. The summed E-state index contributed by atoms with van der Waals surface area (Å²) in [5, 5.41) is 2.63. The van der Waals surface area contributed by atoms with Crippen molar-refractivity contribution >= 4 is 5.91 Å². The molecule has 6 nitrogen and oxygen atoms in total. The maximum Gasteiger partial charge on any atom is 0.220 e. The summed E-state index contributed by atoms with van der Waals surface area (Å²) in [5.41, 5.74) is 7.64. The van der Waals surface area contributed by atoms with Crippen LogP contribution in [0.4, 0.5) is 0 Å². The number of pyridine rings is 1. The molecule has 1 fully saturated rings. The van der Waals surface area contributed by atoms with Crippen LogP contribution in [-0.4, -0.2) is 24.0 Å². The Balaban J connectivity index is 1.81. The Bertz CT molecular complexity index is 752. The number of hydrogen-bond acceptors (Lipinski definition) is 5. The van der Waals surface area contributed by atoms with Crippen molar-refractivity contribution in [2.45, 2.75) is 32.3 Å². The van der Waals surface area contributed by atoms with E-state index >= 15 is 0 Å². The molecule has 0 unspecified atom stereocenters. The third-order valence-corrected chi connectivity index (χ3v) is 4.32. The first kappa shape index (κ1) is 17.1. The van der Waals surface area contributed by atoms with Gasteiger partial charge >= 0.3 is 0 Å². The molecule has 1 aromatic heterocycles. The molecule has 1 saturated carbocycles. The van der Waals surface area contributed by atoms with Crippen molar-refractivity contribution in [3.8, 4) is 5.75 Å². The number of aromatic nitrogens is 1. The van der Waals surface area contributed by atoms with Crippen molar-refractivity contribution in [2.24, 2.45) is 11.7 Å². The van der Waals surface area contributed by atoms with Crippen LogP contribution in [-0.2, 0) is 16.0 Å². The summed E-state index contributed by atoms with van der Waals surface area (Å²) in [5.74, 6) is 2.13. The first-order valence-electron chi connectivity index (χ1n) is 8.42. The first-order chi connectivity index (χ1) is 12.1. The number of amides is 1. The Morgan fingerprint density at radius 3 is 3.12 bits per heavy atom. The van der Waals surface area contributed by atoms with Crippen LogP contribution in [0.15, 0.2) is 48.2 Å². The van der Waals surface area contributed by atoms with Crippen molar-refractivity contribution in [3.63, 3.8) is 0 Å². The molecule has 0 radical (unpaired) electrons. The van der Waals surface area contributed by atoms with Crippen molar-refractivity contribution < 1.29 is 14.3 Å². The summed E-state index contributed by atoms with van der Waals surface area (Å²) in [6, 6.07) is 1.82. The molecule has 0 spiro atoms. The number of carbonyl (C=O) groups excluding carboxylic acids is 1. The predicted molar refractivity (Wildman–Crippen MR) is 94.5 cm³/mol. The summed E-state index contributed by atoms with van der Waals surface area (Å²) in [4.78, 5) is 15.9. The summed E-state index contributed by atoms with van der Waals surface area (Å²) in [6.45, 7) is 1.92. The Hall–Kier alpha value is -2.76. The van der Waals surface area contributed by atoms with Gasteiger partial charge in [-0.05, 0) is 38.0 Å². The number of fused-ring (bicyclic) bond motifs is 1. The Labute approximate surface area is 147 Å². The van der Waals surface area contributed by atoms with Crippen LogP contribution in [0.25, 0.3) is 0 Å². The van der Waals surface area contributed by atoms with E-state index in [9.17, 15) is 4.79 Å². The van der Waals surface area contributed by atoms with Gasteiger partial charge in [0.15, 0.2) is 5.88 Å². The monoisotopic (exact) mass is 341 g/mol. The van der Waals surface area contributed by atoms with Gasteiger partial charge in [-0.25, -0.2) is 0 Å². The topological polar surface area (TPSA) is 86.5 Å². The van der Waals surface area contributed by atoms with Crippen LogP contribution in [0.5, 0.6) is 5.75 Å². The molecule has 2 atom stereocenters. The predicted octanol–water partition coefficient (Wildman–Crippen LogP) is 2.11. The number of nitrogens with two attached hydrogens (primary N) is 1. The van der Waals surface area contributed by atoms with Crippen LogP contribution < -0.4 is 15.8 Å². The SMILES string of the molecule is CNC(=O)CCc1c(OC2=C/C=C(\N)O[C@@H]3C[C@@H]3\C=C\2)ccnc1C. The van der Waals surface area contributed by atoms with Crippen molar-refractivity contribution in [1.29, 1.82) is 0 Å². The molecule has 132 valence electrons. The van der Waals surface area contributed by atoms with Crippen LogP contribution in [0, 0.1) is 12.8 Å². The summed E-state index contributed by atoms with van der Waals surface area (Å²) in [7, 11) is 1.63. The highest BCUT2D eigenvalue weighted by molar-refractivity contribution is 5.75. The van der Waals surface area contributed by atoms with Crippen LogP contribution in [0.3, 0.4) is 0 Å². The lowest BCUT2D eigenvalue weighted by atomic mass is 10.1. The number of aryl methyl sites for hydroxylation is 1. The van der Waals surface area contributed by atoms with Gasteiger partial charge in [0, 0.05) is 42.9 Å². The van der Waals surface area contributed by atoms with Gasteiger partial charge in [-0.15, -0.1) is 0 Å². The minimum atomic E-state index is -0.0108. The largest absolute Gasteiger partial charge is 0.475 e. The van der Waals surface area contributed by atoms with Gasteiger partial charge in [-0.1, -0.05) is 6.08 Å². The smallest absolute Gasteiger partial charge is 0.220 e. The average molecular weight is 341 g/mol. The van der Waals surface area contributed by atoms with Gasteiger partial charge in [-0.3, -0.25) is 9.78 Å². The highest BCUT2D eigenvalue weighted by Gasteiger charge is 2.37. The van der Waals surface area contributed by atoms with Crippen molar-refractivity contribution in [3.05, 3.63) is 59.5 Å². The molecule has 2 heterocycles. The van der Waals surface area contributed by atoms with Gasteiger partial charge in [0.2, 0.25) is 5.91 Å². The molecule has 3 N–H and O–H groups in total. The molecule has 1 aliphatic carbocycles. The molecule has 1 aromatic rings. The molecule has 1 aliphatic heterocycles. The molecular formula is C19H23N3O3. The van der Waals surface area contributed by atoms with E-state index in [1.165, 1.54) is 0 Å². The molecule has 0 bridgehead atoms. The third-order valence-electron chi connectivity index (χ3n) is 4.32. The number of nitrogens with one attached hydrogen (secondary N) is 1. The molecule has 1 amide bonds. The Morgan fingerprint density at radius 1 is 1.48 bits per heavy atom. The van der Waals surface area contributed by atoms with E-state index in [0.29, 0.717) is 36.2 Å². The van der Waals surface area contributed by atoms with E-state index in [0.717, 1.165) is 17.7 Å². The molecule has 3 rings (SSSR count). The maximum absolute atomic E-state index is 11.6. The standard InChI is InChI=1S/C19H23N3O3/c1-12-15(6-8-19(23)21-2)16(9-10-22-12)24-14-4-3-13-11-17(13)25-18(20)7-5-14/h3-5,7,9-10,13,17H,6,8,11,20H2,1-2H3,(H,21,23)/b4-3+,14-5+,18-7+/t13-,17+/m0/s1. The Kier molecular flexibility index (Phi) is 5.07. The second kappa shape index (κ2) is 7.42. The van der Waals surface area contributed by atoms with E-state index in [2.05, 4.69) is 16.4 Å². The fourth-order valence-corrected chi connectivity index (χ4v) is 2.71. The second-order valence-corrected chi connectivity index (χ2v) is 6.20. The van der Waals surface area contributed by atoms with E-state index in [1.54, 1.807) is 25.4 Å². The van der Waals surface area contributed by atoms with Crippen LogP contribution in [0.1, 0.15) is 24.1 Å². The summed E-state index contributed by atoms with van der Waals surface area (Å²) in [6.07, 6.45) is 11.3. The van der Waals surface area contributed by atoms with E-state index in [1.807, 2.05) is 19.1 Å². The van der Waals surface area contributed by atoms with Crippen molar-refractivity contribution in [2.75, 3.05) is 7.05 Å². The van der Waals surface area contributed by atoms with Gasteiger partial charge in [0.25, 0.3) is 0 Å². The van der Waals surface area contributed by atoms with Gasteiger partial charge in [0.1, 0.15) is 17.6 Å². The van der Waals surface area contributed by atoms with Crippen LogP contribution >= 0.6 is 0 Å². The van der Waals surface area contributed by atoms with Gasteiger partial charge in [-0.2, -0.15) is 0 Å². The molecule has 6 heteroatoms. The van der Waals surface area contributed by atoms with Crippen molar-refractivity contribution in [1.82, 2.24) is 10.3 Å². The summed E-state index contributed by atoms with van der Waals surface area (Å²) < 4.78 is 11.7. The van der Waals surface area contributed by atoms with Gasteiger partial charge < -0.3 is 20.5 Å². The second-order valence-electron chi connectivity index (χ2n) is 6.20. The number of nitrogens with zero attached hydrogens (tertiary/aromatic N) is 1. The minimum Gasteiger partial charge on any atom is -0.475 e. The fourth-order valence-electron chi connectivity index (χ4n) is 2.71. The van der Waals surface area contributed by atoms with E-state index in [-0.39, 0.29) is 12.0 Å². The van der Waals surface area contributed by atoms with E-state index in [4.69, 9.17) is 15.2 Å². The quantitative estimate of drug-likeness (QED) is 0.856. The zero-order valence-corrected chi connectivity index (χ0v) is 14.5. The highest BCUT2D eigenvalue weighted by Crippen LogP contribution is 2.37. The number of allylic oxidation sites excluding steroid dienone is 3. The highest BCUT2D eigenvalue weighted by atomic mass is 16.5. The summed E-state index contributed by atoms with van der Waals surface area (Å²) >= 11 is 0. The van der Waals surface area contributed by atoms with Gasteiger partial charge in [0.05, 0.1) is 0 Å². The Morgan fingerprint density at radius 2 is 2.32 bits per heavy atom. The molecule has 2 aliphatic rings. The van der Waals surface area contributed by atoms with E-state index < -0.39 is 0 Å². The molecule has 25 heavy (non-hydrogen) atoms. The molecule has 0 aromatic carbocycles. The third kappa shape index (κ3) is 4.41. The van der Waals surface area contributed by atoms with Crippen LogP contribution in [0.2, 0.25) is 0 Å². The first-order valence-corrected chi connectivity index (χ1v) is 8.42. The lowest BCUT2D eigenvalue weighted by molar-refractivity contribution is -0.120. The zero-order valence-electron chi connectivity index (χ0n) is 14.5. The number of hydrogen-bond donors (Lipinski definition) is 2. The lowest BCUT2D eigenvalue weighted by Gasteiger charge is -2.13. The maximum atomic E-state index is 11.6. The number of carbonyl (C=O) groups is 1. The number of ether oxygens (including phenoxy) is 2. The number of rotatable bonds is 5. The lowest BCUT2D eigenvalue weighted by Crippen LogP contribution is -2.18. The molecular weight excluding hydrogens is 318 g/mol. The average Bonchev–Trinajstić information content (AvgIpc) is 3.32. The fraction of sp³-hybridized carbons (Fsp3) is 0.368. The zero-order chi connectivity index (χ0) is 17.8. The minimum absolute atomic E-state index is 0.0108. The normalized spacial score (nSPS) is 27.0.